The summed E-state index contributed by atoms with van der Waals surface area (Å²) in [4.78, 5) is 16.8. The summed E-state index contributed by atoms with van der Waals surface area (Å²) < 4.78 is 11.1. The zero-order valence-electron chi connectivity index (χ0n) is 16.7. The number of hydrogen-bond acceptors (Lipinski definition) is 4. The summed E-state index contributed by atoms with van der Waals surface area (Å²) in [5.74, 6) is 2.25. The maximum atomic E-state index is 13.0. The van der Waals surface area contributed by atoms with Crippen LogP contribution in [-0.2, 0) is 6.54 Å². The van der Waals surface area contributed by atoms with Gasteiger partial charge in [0.1, 0.15) is 7.85 Å². The van der Waals surface area contributed by atoms with Gasteiger partial charge in [0.15, 0.2) is 11.5 Å². The molecule has 1 aliphatic heterocycles. The number of fused-ring (bicyclic) bond motifs is 1. The van der Waals surface area contributed by atoms with Crippen molar-refractivity contribution < 1.29 is 14.3 Å². The van der Waals surface area contributed by atoms with E-state index in [2.05, 4.69) is 22.6 Å². The average Bonchev–Trinajstić information content (AvgIpc) is 3.03. The Balaban J connectivity index is 0.00000136. The Labute approximate surface area is 186 Å². The van der Waals surface area contributed by atoms with Gasteiger partial charge in [-0.25, -0.2) is 0 Å². The Hall–Kier alpha value is -1.35. The lowest BCUT2D eigenvalue weighted by Crippen LogP contribution is -2.30. The quantitative estimate of drug-likeness (QED) is 0.322. The second-order valence-electron chi connectivity index (χ2n) is 6.16. The van der Waals surface area contributed by atoms with Crippen molar-refractivity contribution in [2.75, 3.05) is 30.7 Å². The van der Waals surface area contributed by atoms with E-state index in [9.17, 15) is 4.79 Å². The van der Waals surface area contributed by atoms with E-state index < -0.39 is 0 Å². The number of rotatable bonds is 7. The van der Waals surface area contributed by atoms with Crippen LogP contribution in [-0.4, -0.2) is 49.3 Å². The second kappa shape index (κ2) is 11.0. The van der Waals surface area contributed by atoms with Crippen molar-refractivity contribution in [3.05, 3.63) is 53.1 Å². The SMILES string of the molecule is CI.[B]c1ccc2c(c1)CN(C(CSC)c1ccc(OC)c(OCC)c1)C2=O. The topological polar surface area (TPSA) is 38.8 Å². The zero-order chi connectivity index (χ0) is 20.7. The number of amides is 1. The summed E-state index contributed by atoms with van der Waals surface area (Å²) in [5.41, 5.74) is 3.45. The summed E-state index contributed by atoms with van der Waals surface area (Å²) in [6.07, 6.45) is 2.05. The molecule has 28 heavy (non-hydrogen) atoms. The first-order chi connectivity index (χ1) is 13.6. The van der Waals surface area contributed by atoms with Gasteiger partial charge in [-0.05, 0) is 47.4 Å². The molecule has 0 saturated heterocycles. The number of hydrogen-bond donors (Lipinski definition) is 0. The number of thioether (sulfide) groups is 1. The highest BCUT2D eigenvalue weighted by atomic mass is 127. The van der Waals surface area contributed by atoms with Crippen molar-refractivity contribution in [3.63, 3.8) is 0 Å². The molecular formula is C21H25BINO3S. The normalized spacial score (nSPS) is 13.5. The van der Waals surface area contributed by atoms with Crippen molar-refractivity contribution in [1.82, 2.24) is 4.90 Å². The molecule has 2 radical (unpaired) electrons. The van der Waals surface area contributed by atoms with E-state index in [0.717, 1.165) is 22.4 Å². The number of alkyl halides is 1. The van der Waals surface area contributed by atoms with Crippen molar-refractivity contribution in [2.45, 2.75) is 19.5 Å². The molecule has 0 spiro atoms. The highest BCUT2D eigenvalue weighted by Gasteiger charge is 2.33. The summed E-state index contributed by atoms with van der Waals surface area (Å²) in [5, 5.41) is 0. The van der Waals surface area contributed by atoms with Gasteiger partial charge in [0.2, 0.25) is 0 Å². The number of methoxy groups -OCH3 is 1. The Morgan fingerprint density at radius 1 is 1.21 bits per heavy atom. The molecule has 0 aliphatic carbocycles. The molecule has 7 heteroatoms. The van der Waals surface area contributed by atoms with E-state index in [-0.39, 0.29) is 11.9 Å². The van der Waals surface area contributed by atoms with Gasteiger partial charge in [0.05, 0.1) is 19.8 Å². The van der Waals surface area contributed by atoms with Crippen LogP contribution in [0.3, 0.4) is 0 Å². The minimum atomic E-state index is -0.0452. The van der Waals surface area contributed by atoms with Gasteiger partial charge >= 0.3 is 0 Å². The lowest BCUT2D eigenvalue weighted by molar-refractivity contribution is 0.0719. The predicted octanol–water partition coefficient (Wildman–Crippen LogP) is 4.00. The monoisotopic (exact) mass is 509 g/mol. The van der Waals surface area contributed by atoms with E-state index in [0.29, 0.717) is 30.1 Å². The minimum absolute atomic E-state index is 0.0452. The fourth-order valence-electron chi connectivity index (χ4n) is 3.31. The molecule has 1 heterocycles. The van der Waals surface area contributed by atoms with Gasteiger partial charge < -0.3 is 14.4 Å². The molecule has 1 amide bonds. The second-order valence-corrected chi connectivity index (χ2v) is 7.07. The Morgan fingerprint density at radius 2 is 1.96 bits per heavy atom. The molecule has 0 aromatic heterocycles. The van der Waals surface area contributed by atoms with Crippen LogP contribution >= 0.6 is 34.4 Å². The van der Waals surface area contributed by atoms with Crippen LogP contribution in [0.1, 0.15) is 34.5 Å². The molecule has 0 bridgehead atoms. The molecule has 4 nitrogen and oxygen atoms in total. The van der Waals surface area contributed by atoms with Gasteiger partial charge in [-0.3, -0.25) is 4.79 Å². The molecule has 2 aromatic carbocycles. The van der Waals surface area contributed by atoms with E-state index in [4.69, 9.17) is 17.3 Å². The molecule has 2 aromatic rings. The van der Waals surface area contributed by atoms with Gasteiger partial charge in [-0.15, -0.1) is 0 Å². The van der Waals surface area contributed by atoms with Crippen molar-refractivity contribution >= 4 is 53.6 Å². The van der Waals surface area contributed by atoms with Gasteiger partial charge in [-0.1, -0.05) is 46.3 Å². The fourth-order valence-corrected chi connectivity index (χ4v) is 4.00. The smallest absolute Gasteiger partial charge is 0.255 e. The predicted molar refractivity (Wildman–Crippen MR) is 127 cm³/mol. The van der Waals surface area contributed by atoms with Gasteiger partial charge in [-0.2, -0.15) is 11.8 Å². The standard InChI is InChI=1S/C20H22BNO3S.CH3I/c1-4-25-19-10-13(5-8-18(19)24-2)17(12-26-3)22-11-14-9-15(21)6-7-16(14)20(22)23;1-2/h5-10,17H,4,11-12H2,1-3H3;1H3. The number of ether oxygens (including phenoxy) is 2. The van der Waals surface area contributed by atoms with Crippen molar-refractivity contribution in [1.29, 1.82) is 0 Å². The summed E-state index contributed by atoms with van der Waals surface area (Å²) >= 11 is 3.86. The molecular weight excluding hydrogens is 484 g/mol. The first-order valence-electron chi connectivity index (χ1n) is 8.95. The lowest BCUT2D eigenvalue weighted by Gasteiger charge is -2.28. The lowest BCUT2D eigenvalue weighted by atomic mass is 9.93. The molecule has 0 N–H and O–H groups in total. The molecule has 1 aliphatic rings. The van der Waals surface area contributed by atoms with Crippen LogP contribution in [0.4, 0.5) is 0 Å². The first kappa shape index (κ1) is 22.9. The molecule has 3 rings (SSSR count). The van der Waals surface area contributed by atoms with E-state index in [1.165, 1.54) is 0 Å². The number of carbonyl (C=O) groups is 1. The van der Waals surface area contributed by atoms with E-state index in [1.807, 2.05) is 53.3 Å². The molecule has 1 unspecified atom stereocenters. The Morgan fingerprint density at radius 3 is 2.61 bits per heavy atom. The highest BCUT2D eigenvalue weighted by molar-refractivity contribution is 14.1. The average molecular weight is 509 g/mol. The fraction of sp³-hybridized carbons (Fsp3) is 0.381. The zero-order valence-corrected chi connectivity index (χ0v) is 19.7. The Bertz CT molecular complexity index is 818. The van der Waals surface area contributed by atoms with Crippen LogP contribution in [0.15, 0.2) is 36.4 Å². The number of nitrogens with zero attached hydrogens (tertiary/aromatic N) is 1. The van der Waals surface area contributed by atoms with Crippen LogP contribution < -0.4 is 14.9 Å². The van der Waals surface area contributed by atoms with Gasteiger partial charge in [0, 0.05) is 17.9 Å². The number of carbonyl (C=O) groups excluding carboxylic acids is 1. The maximum Gasteiger partial charge on any atom is 0.255 e. The van der Waals surface area contributed by atoms with Crippen molar-refractivity contribution in [3.8, 4) is 11.5 Å². The molecule has 1 atom stereocenters. The maximum absolute atomic E-state index is 13.0. The number of benzene rings is 2. The van der Waals surface area contributed by atoms with E-state index >= 15 is 0 Å². The van der Waals surface area contributed by atoms with Gasteiger partial charge in [0.25, 0.3) is 5.91 Å². The summed E-state index contributed by atoms with van der Waals surface area (Å²) in [6.45, 7) is 3.07. The third kappa shape index (κ3) is 4.98. The first-order valence-corrected chi connectivity index (χ1v) is 12.5. The highest BCUT2D eigenvalue weighted by Crippen LogP contribution is 2.36. The van der Waals surface area contributed by atoms with Crippen LogP contribution in [0.2, 0.25) is 0 Å². The Kier molecular flexibility index (Phi) is 9.01. The van der Waals surface area contributed by atoms with Crippen molar-refractivity contribution in [2.24, 2.45) is 0 Å². The summed E-state index contributed by atoms with van der Waals surface area (Å²) in [7, 11) is 7.52. The number of halogens is 1. The molecule has 0 fully saturated rings. The van der Waals surface area contributed by atoms with Crippen LogP contribution in [0, 0.1) is 0 Å². The largest absolute Gasteiger partial charge is 0.493 e. The van der Waals surface area contributed by atoms with Crippen LogP contribution in [0.5, 0.6) is 11.5 Å². The third-order valence-electron chi connectivity index (χ3n) is 4.53. The molecule has 148 valence electrons. The third-order valence-corrected chi connectivity index (χ3v) is 5.18. The summed E-state index contributed by atoms with van der Waals surface area (Å²) in [6, 6.07) is 11.3. The minimum Gasteiger partial charge on any atom is -0.493 e. The van der Waals surface area contributed by atoms with E-state index in [1.54, 1.807) is 24.9 Å². The molecule has 0 saturated carbocycles. The van der Waals surface area contributed by atoms with Crippen LogP contribution in [0.25, 0.3) is 0 Å².